The lowest BCUT2D eigenvalue weighted by atomic mass is 10.3. The van der Waals surface area contributed by atoms with Gasteiger partial charge >= 0.3 is 0 Å². The van der Waals surface area contributed by atoms with E-state index in [9.17, 15) is 8.42 Å². The van der Waals surface area contributed by atoms with Crippen LogP contribution >= 0.6 is 0 Å². The van der Waals surface area contributed by atoms with Crippen LogP contribution in [0.1, 0.15) is 5.56 Å². The van der Waals surface area contributed by atoms with E-state index in [1.807, 2.05) is 0 Å². The van der Waals surface area contributed by atoms with Gasteiger partial charge in [-0.2, -0.15) is 0 Å². The van der Waals surface area contributed by atoms with Gasteiger partial charge in [-0.3, -0.25) is 0 Å². The van der Waals surface area contributed by atoms with E-state index in [0.29, 0.717) is 11.4 Å². The quantitative estimate of drug-likeness (QED) is 0.626. The Labute approximate surface area is 70.5 Å². The summed E-state index contributed by atoms with van der Waals surface area (Å²) in [6, 6.07) is 1.39. The van der Waals surface area contributed by atoms with Crippen molar-refractivity contribution in [3.63, 3.8) is 0 Å². The molecule has 6 heteroatoms. The Bertz CT molecular complexity index is 399. The molecule has 12 heavy (non-hydrogen) atoms. The molecule has 0 aliphatic heterocycles. The van der Waals surface area contributed by atoms with Crippen LogP contribution in [0.2, 0.25) is 0 Å². The molecule has 1 aromatic heterocycles. The summed E-state index contributed by atoms with van der Waals surface area (Å²) in [7, 11) is -3.66. The van der Waals surface area contributed by atoms with Crippen LogP contribution in [-0.4, -0.2) is 13.4 Å². The van der Waals surface area contributed by atoms with E-state index in [4.69, 9.17) is 10.9 Å². The molecule has 0 saturated heterocycles. The first-order valence-electron chi connectivity index (χ1n) is 3.16. The first-order chi connectivity index (χ1) is 5.41. The zero-order valence-corrected chi connectivity index (χ0v) is 7.30. The summed E-state index contributed by atoms with van der Waals surface area (Å²) in [5.41, 5.74) is 5.98. The van der Waals surface area contributed by atoms with E-state index in [-0.39, 0.29) is 4.90 Å². The minimum absolute atomic E-state index is 0.0193. The molecule has 4 N–H and O–H groups in total. The fourth-order valence-corrected chi connectivity index (χ4v) is 1.26. The van der Waals surface area contributed by atoms with Crippen LogP contribution in [0.4, 0.5) is 5.82 Å². The topological polar surface area (TPSA) is 99.1 Å². The number of pyridine rings is 1. The number of aryl methyl sites for hydroxylation is 1. The van der Waals surface area contributed by atoms with E-state index in [2.05, 4.69) is 4.98 Å². The number of anilines is 1. The van der Waals surface area contributed by atoms with Crippen molar-refractivity contribution in [1.29, 1.82) is 0 Å². The van der Waals surface area contributed by atoms with Crippen molar-refractivity contribution in [3.05, 3.63) is 17.8 Å². The van der Waals surface area contributed by atoms with Gasteiger partial charge in [0.15, 0.2) is 0 Å². The van der Waals surface area contributed by atoms with E-state index < -0.39 is 10.0 Å². The third kappa shape index (κ3) is 1.72. The van der Waals surface area contributed by atoms with Crippen molar-refractivity contribution < 1.29 is 8.42 Å². The predicted molar refractivity (Wildman–Crippen MR) is 44.8 cm³/mol. The van der Waals surface area contributed by atoms with E-state index in [1.165, 1.54) is 6.07 Å². The van der Waals surface area contributed by atoms with Gasteiger partial charge in [-0.15, -0.1) is 0 Å². The molecule has 0 aromatic carbocycles. The molecule has 0 bridgehead atoms. The summed E-state index contributed by atoms with van der Waals surface area (Å²) in [5, 5.41) is 4.87. The maximum Gasteiger partial charge on any atom is 0.239 e. The fraction of sp³-hybridized carbons (Fsp3) is 0.167. The van der Waals surface area contributed by atoms with Crippen molar-refractivity contribution in [1.82, 2.24) is 4.98 Å². The normalized spacial score (nSPS) is 11.5. The van der Waals surface area contributed by atoms with Crippen molar-refractivity contribution in [2.75, 3.05) is 5.73 Å². The lowest BCUT2D eigenvalue weighted by Crippen LogP contribution is -2.13. The molecule has 0 saturated carbocycles. The number of hydrogen-bond acceptors (Lipinski definition) is 4. The summed E-state index contributed by atoms with van der Waals surface area (Å²) in [5.74, 6) is 0.308. The highest BCUT2D eigenvalue weighted by atomic mass is 32.2. The molecule has 0 radical (unpaired) electrons. The molecule has 0 spiro atoms. The van der Waals surface area contributed by atoms with Crippen LogP contribution in [0.15, 0.2) is 17.2 Å². The Balaban J connectivity index is 3.33. The lowest BCUT2D eigenvalue weighted by Gasteiger charge is -2.00. The van der Waals surface area contributed by atoms with Crippen LogP contribution in [-0.2, 0) is 10.0 Å². The van der Waals surface area contributed by atoms with Gasteiger partial charge in [-0.1, -0.05) is 0 Å². The number of sulfonamides is 1. The number of aromatic nitrogens is 1. The van der Waals surface area contributed by atoms with E-state index in [0.717, 1.165) is 6.20 Å². The number of rotatable bonds is 1. The highest BCUT2D eigenvalue weighted by Gasteiger charge is 2.08. The minimum Gasteiger partial charge on any atom is -0.383 e. The average molecular weight is 187 g/mol. The standard InChI is InChI=1S/C6H9N3O2S/c1-4-2-5(12(8,10)11)3-9-6(4)7/h2-3H,1H3,(H2,7,9)(H2,8,10,11). The van der Waals surface area contributed by atoms with Crippen LogP contribution in [0.3, 0.4) is 0 Å². The molecule has 0 atom stereocenters. The highest BCUT2D eigenvalue weighted by Crippen LogP contribution is 2.11. The summed E-state index contributed by atoms with van der Waals surface area (Å²) < 4.78 is 21.6. The first kappa shape index (κ1) is 8.95. The Hall–Kier alpha value is -1.14. The molecular weight excluding hydrogens is 178 g/mol. The second-order valence-electron chi connectivity index (χ2n) is 2.42. The molecule has 66 valence electrons. The number of primary sulfonamides is 1. The zero-order valence-electron chi connectivity index (χ0n) is 6.48. The minimum atomic E-state index is -3.66. The van der Waals surface area contributed by atoms with Gasteiger partial charge in [-0.25, -0.2) is 18.5 Å². The Morgan fingerprint density at radius 2 is 2.08 bits per heavy atom. The predicted octanol–water partition coefficient (Wildman–Crippen LogP) is -0.380. The lowest BCUT2D eigenvalue weighted by molar-refractivity contribution is 0.597. The number of nitrogens with zero attached hydrogens (tertiary/aromatic N) is 1. The molecule has 1 heterocycles. The molecule has 0 fully saturated rings. The van der Waals surface area contributed by atoms with Crippen LogP contribution in [0.25, 0.3) is 0 Å². The maximum atomic E-state index is 10.8. The van der Waals surface area contributed by atoms with Gasteiger partial charge in [0.25, 0.3) is 0 Å². The second kappa shape index (κ2) is 2.72. The summed E-state index contributed by atoms with van der Waals surface area (Å²) in [4.78, 5) is 3.64. The van der Waals surface area contributed by atoms with Gasteiger partial charge in [0.1, 0.15) is 10.7 Å². The highest BCUT2D eigenvalue weighted by molar-refractivity contribution is 7.89. The summed E-state index contributed by atoms with van der Waals surface area (Å²) in [6.07, 6.45) is 1.14. The van der Waals surface area contributed by atoms with Crippen LogP contribution < -0.4 is 10.9 Å². The van der Waals surface area contributed by atoms with Gasteiger partial charge in [0.2, 0.25) is 10.0 Å². The molecule has 1 aromatic rings. The largest absolute Gasteiger partial charge is 0.383 e. The molecule has 0 unspecified atom stereocenters. The first-order valence-corrected chi connectivity index (χ1v) is 4.71. The van der Waals surface area contributed by atoms with Crippen molar-refractivity contribution >= 4 is 15.8 Å². The molecule has 0 aliphatic carbocycles. The van der Waals surface area contributed by atoms with Crippen molar-refractivity contribution in [3.8, 4) is 0 Å². The average Bonchev–Trinajstić information content (AvgIpc) is 1.92. The van der Waals surface area contributed by atoms with Gasteiger partial charge in [-0.05, 0) is 18.6 Å². The number of nitrogen functional groups attached to an aromatic ring is 1. The van der Waals surface area contributed by atoms with E-state index >= 15 is 0 Å². The van der Waals surface area contributed by atoms with E-state index in [1.54, 1.807) is 6.92 Å². The van der Waals surface area contributed by atoms with Crippen molar-refractivity contribution in [2.24, 2.45) is 5.14 Å². The van der Waals surface area contributed by atoms with Crippen LogP contribution in [0, 0.1) is 6.92 Å². The second-order valence-corrected chi connectivity index (χ2v) is 3.98. The maximum absolute atomic E-state index is 10.8. The third-order valence-electron chi connectivity index (χ3n) is 1.42. The van der Waals surface area contributed by atoms with Crippen molar-refractivity contribution in [2.45, 2.75) is 11.8 Å². The molecule has 0 aliphatic rings. The number of nitrogens with two attached hydrogens (primary N) is 2. The Morgan fingerprint density at radius 3 is 2.50 bits per heavy atom. The van der Waals surface area contributed by atoms with Gasteiger partial charge in [0, 0.05) is 6.20 Å². The zero-order chi connectivity index (χ0) is 9.35. The fourth-order valence-electron chi connectivity index (χ4n) is 0.715. The van der Waals surface area contributed by atoms with Gasteiger partial charge < -0.3 is 5.73 Å². The molecule has 5 nitrogen and oxygen atoms in total. The Morgan fingerprint density at radius 1 is 1.50 bits per heavy atom. The SMILES string of the molecule is Cc1cc(S(N)(=O)=O)cnc1N. The molecular formula is C6H9N3O2S. The molecule has 1 rings (SSSR count). The third-order valence-corrected chi connectivity index (χ3v) is 2.30. The van der Waals surface area contributed by atoms with Gasteiger partial charge in [0.05, 0.1) is 0 Å². The van der Waals surface area contributed by atoms with Crippen LogP contribution in [0.5, 0.6) is 0 Å². The summed E-state index contributed by atoms with van der Waals surface area (Å²) >= 11 is 0. The number of hydrogen-bond donors (Lipinski definition) is 2. The monoisotopic (exact) mass is 187 g/mol. The summed E-state index contributed by atoms with van der Waals surface area (Å²) in [6.45, 7) is 1.66. The Kier molecular flexibility index (Phi) is 2.03. The molecule has 0 amide bonds. The smallest absolute Gasteiger partial charge is 0.239 e.